The van der Waals surface area contributed by atoms with Crippen molar-refractivity contribution in [2.24, 2.45) is 4.99 Å². The van der Waals surface area contributed by atoms with Crippen molar-refractivity contribution in [3.63, 3.8) is 0 Å². The van der Waals surface area contributed by atoms with Crippen LogP contribution in [0.15, 0.2) is 29.4 Å². The van der Waals surface area contributed by atoms with Gasteiger partial charge < -0.3 is 4.90 Å². The fourth-order valence-electron chi connectivity index (χ4n) is 1.31. The lowest BCUT2D eigenvalue weighted by molar-refractivity contribution is 0.276. The fourth-order valence-corrected chi connectivity index (χ4v) is 1.31. The summed E-state index contributed by atoms with van der Waals surface area (Å²) in [5.41, 5.74) is -0.0747. The first-order valence-electron chi connectivity index (χ1n) is 3.48. The molecule has 1 atom stereocenters. The van der Waals surface area contributed by atoms with E-state index in [1.807, 2.05) is 18.4 Å². The molecule has 0 aromatic heterocycles. The largest absolute Gasteiger partial charge is 0.345 e. The second-order valence-electron chi connectivity index (χ2n) is 2.76. The number of hydrogen-bond acceptors (Lipinski definition) is 2. The van der Waals surface area contributed by atoms with Crippen molar-refractivity contribution < 1.29 is 0 Å². The van der Waals surface area contributed by atoms with Gasteiger partial charge in [0.05, 0.1) is 6.54 Å². The van der Waals surface area contributed by atoms with Gasteiger partial charge in [-0.15, -0.1) is 0 Å². The van der Waals surface area contributed by atoms with E-state index >= 15 is 0 Å². The summed E-state index contributed by atoms with van der Waals surface area (Å²) in [4.78, 5) is 6.55. The van der Waals surface area contributed by atoms with Crippen molar-refractivity contribution in [3.8, 4) is 0 Å². The Morgan fingerprint density at radius 3 is 3.20 bits per heavy atom. The number of allylic oxidation sites excluding steroid dienone is 2. The maximum absolute atomic E-state index is 4.35. The van der Waals surface area contributed by atoms with Crippen LogP contribution in [0.25, 0.3) is 0 Å². The van der Waals surface area contributed by atoms with Gasteiger partial charge in [0.1, 0.15) is 5.66 Å². The van der Waals surface area contributed by atoms with Crippen LogP contribution in [0.1, 0.15) is 6.92 Å². The molecule has 0 saturated carbocycles. The Morgan fingerprint density at radius 1 is 1.50 bits per heavy atom. The van der Waals surface area contributed by atoms with E-state index in [-0.39, 0.29) is 5.66 Å². The van der Waals surface area contributed by atoms with Crippen LogP contribution in [-0.2, 0) is 0 Å². The number of fused-ring (bicyclic) bond motifs is 1. The van der Waals surface area contributed by atoms with Gasteiger partial charge in [-0.3, -0.25) is 4.99 Å². The Balaban J connectivity index is 2.37. The van der Waals surface area contributed by atoms with E-state index in [0.29, 0.717) is 0 Å². The van der Waals surface area contributed by atoms with Crippen LogP contribution in [0, 0.1) is 0 Å². The molecular formula is C8H10N2. The molecule has 1 unspecified atom stereocenters. The number of aliphatic imine (C=N–C) groups is 1. The second kappa shape index (κ2) is 1.72. The molecule has 0 radical (unpaired) electrons. The molecule has 0 spiro atoms. The van der Waals surface area contributed by atoms with Gasteiger partial charge in [-0.2, -0.15) is 0 Å². The summed E-state index contributed by atoms with van der Waals surface area (Å²) in [6, 6.07) is 0. The number of hydrogen-bond donors (Lipinski definition) is 0. The molecule has 0 aromatic carbocycles. The van der Waals surface area contributed by atoms with Crippen LogP contribution in [0.2, 0.25) is 0 Å². The highest BCUT2D eigenvalue weighted by Gasteiger charge is 2.29. The van der Waals surface area contributed by atoms with Crippen LogP contribution in [0.3, 0.4) is 0 Å². The highest BCUT2D eigenvalue weighted by atomic mass is 15.3. The summed E-state index contributed by atoms with van der Waals surface area (Å²) in [6.45, 7) is 3.05. The molecule has 2 nitrogen and oxygen atoms in total. The van der Waals surface area contributed by atoms with Gasteiger partial charge in [-0.1, -0.05) is 6.08 Å². The normalized spacial score (nSPS) is 35.1. The van der Waals surface area contributed by atoms with Crippen molar-refractivity contribution in [2.45, 2.75) is 12.6 Å². The van der Waals surface area contributed by atoms with Gasteiger partial charge in [-0.25, -0.2) is 0 Å². The van der Waals surface area contributed by atoms with Gasteiger partial charge >= 0.3 is 0 Å². The molecule has 2 heteroatoms. The quantitative estimate of drug-likeness (QED) is 0.485. The lowest BCUT2D eigenvalue weighted by Crippen LogP contribution is -2.36. The molecule has 0 aromatic rings. The molecule has 0 amide bonds. The van der Waals surface area contributed by atoms with Crippen molar-refractivity contribution in [1.29, 1.82) is 0 Å². The Labute approximate surface area is 60.6 Å². The molecule has 0 saturated heterocycles. The molecule has 2 rings (SSSR count). The Hall–Kier alpha value is -1.05. The van der Waals surface area contributed by atoms with E-state index in [9.17, 15) is 0 Å². The third-order valence-corrected chi connectivity index (χ3v) is 2.00. The van der Waals surface area contributed by atoms with E-state index < -0.39 is 0 Å². The van der Waals surface area contributed by atoms with Crippen LogP contribution in [0.4, 0.5) is 0 Å². The lowest BCUT2D eigenvalue weighted by atomic mass is 10.1. The van der Waals surface area contributed by atoms with Crippen LogP contribution >= 0.6 is 0 Å². The molecule has 52 valence electrons. The van der Waals surface area contributed by atoms with Crippen LogP contribution in [-0.4, -0.2) is 23.3 Å². The molecule has 2 aliphatic rings. The molecule has 0 aliphatic carbocycles. The smallest absolute Gasteiger partial charge is 0.148 e. The summed E-state index contributed by atoms with van der Waals surface area (Å²) < 4.78 is 0. The summed E-state index contributed by atoms with van der Waals surface area (Å²) in [7, 11) is 0. The van der Waals surface area contributed by atoms with Crippen molar-refractivity contribution in [2.75, 3.05) is 6.54 Å². The fraction of sp³-hybridized carbons (Fsp3) is 0.375. The van der Waals surface area contributed by atoms with Crippen LogP contribution < -0.4 is 0 Å². The average Bonchev–Trinajstić information content (AvgIpc) is 2.29. The molecule has 2 heterocycles. The molecule has 2 aliphatic heterocycles. The van der Waals surface area contributed by atoms with Gasteiger partial charge in [0.2, 0.25) is 0 Å². The summed E-state index contributed by atoms with van der Waals surface area (Å²) in [6.07, 6.45) is 10.2. The van der Waals surface area contributed by atoms with E-state index in [4.69, 9.17) is 0 Å². The first-order chi connectivity index (χ1) is 4.81. The minimum atomic E-state index is -0.0747. The standard InChI is InChI=1S/C8H10N2/c1-8-4-2-3-6-10(8)7-5-9-8/h2-6H,7H2,1H3. The minimum Gasteiger partial charge on any atom is -0.345 e. The van der Waals surface area contributed by atoms with E-state index in [1.165, 1.54) is 0 Å². The minimum absolute atomic E-state index is 0.0747. The van der Waals surface area contributed by atoms with Gasteiger partial charge in [0.15, 0.2) is 0 Å². The van der Waals surface area contributed by atoms with Crippen molar-refractivity contribution in [3.05, 3.63) is 24.4 Å². The average molecular weight is 134 g/mol. The Kier molecular flexibility index (Phi) is 0.982. The van der Waals surface area contributed by atoms with Crippen molar-refractivity contribution in [1.82, 2.24) is 4.90 Å². The maximum Gasteiger partial charge on any atom is 0.148 e. The number of rotatable bonds is 0. The Bertz CT molecular complexity index is 227. The Morgan fingerprint density at radius 2 is 2.40 bits per heavy atom. The van der Waals surface area contributed by atoms with E-state index in [1.54, 1.807) is 0 Å². The summed E-state index contributed by atoms with van der Waals surface area (Å²) in [5.74, 6) is 0. The predicted molar refractivity (Wildman–Crippen MR) is 41.9 cm³/mol. The molecule has 10 heavy (non-hydrogen) atoms. The summed E-state index contributed by atoms with van der Waals surface area (Å²) in [5, 5.41) is 0. The first-order valence-corrected chi connectivity index (χ1v) is 3.48. The molecular weight excluding hydrogens is 124 g/mol. The van der Waals surface area contributed by atoms with Gasteiger partial charge in [0, 0.05) is 12.4 Å². The third kappa shape index (κ3) is 0.618. The van der Waals surface area contributed by atoms with Gasteiger partial charge in [0.25, 0.3) is 0 Å². The molecule has 0 bridgehead atoms. The molecule has 0 N–H and O–H groups in total. The zero-order chi connectivity index (χ0) is 7.03. The van der Waals surface area contributed by atoms with Gasteiger partial charge in [-0.05, 0) is 19.1 Å². The van der Waals surface area contributed by atoms with Crippen molar-refractivity contribution >= 4 is 6.21 Å². The molecule has 0 fully saturated rings. The summed E-state index contributed by atoms with van der Waals surface area (Å²) >= 11 is 0. The SMILES string of the molecule is CC12C=CC=CN1CC=N2. The van der Waals surface area contributed by atoms with E-state index in [0.717, 1.165) is 6.54 Å². The van der Waals surface area contributed by atoms with Crippen LogP contribution in [0.5, 0.6) is 0 Å². The topological polar surface area (TPSA) is 15.6 Å². The third-order valence-electron chi connectivity index (χ3n) is 2.00. The monoisotopic (exact) mass is 134 g/mol. The second-order valence-corrected chi connectivity index (χ2v) is 2.76. The maximum atomic E-state index is 4.35. The lowest BCUT2D eigenvalue weighted by Gasteiger charge is -2.30. The highest BCUT2D eigenvalue weighted by Crippen LogP contribution is 2.24. The van der Waals surface area contributed by atoms with E-state index in [2.05, 4.69) is 29.1 Å². The number of nitrogens with zero attached hydrogens (tertiary/aromatic N) is 2. The zero-order valence-corrected chi connectivity index (χ0v) is 5.99. The highest BCUT2D eigenvalue weighted by molar-refractivity contribution is 5.64. The zero-order valence-electron chi connectivity index (χ0n) is 5.99. The first kappa shape index (κ1) is 5.71. The predicted octanol–water partition coefficient (Wildman–Crippen LogP) is 1.17.